The summed E-state index contributed by atoms with van der Waals surface area (Å²) in [6.07, 6.45) is 0. The van der Waals surface area contributed by atoms with Crippen LogP contribution in [0.5, 0.6) is 0 Å². The molecule has 154 valence electrons. The molecule has 4 amide bonds. The number of hydrogen-bond acceptors (Lipinski definition) is 2. The summed E-state index contributed by atoms with van der Waals surface area (Å²) in [7, 11) is 0. The Morgan fingerprint density at radius 1 is 0.800 bits per heavy atom. The van der Waals surface area contributed by atoms with Gasteiger partial charge in [-0.2, -0.15) is 0 Å². The molecule has 6 heteroatoms. The highest BCUT2D eigenvalue weighted by Crippen LogP contribution is 2.16. The SMILES string of the molecule is Cc1ccc(NC(=O)N(CCNC(=O)Nc2ccccc2C)c2ccccc2)cc1. The zero-order valence-electron chi connectivity index (χ0n) is 17.2. The fraction of sp³-hybridized carbons (Fsp3) is 0.167. The summed E-state index contributed by atoms with van der Waals surface area (Å²) in [4.78, 5) is 26.7. The van der Waals surface area contributed by atoms with E-state index < -0.39 is 0 Å². The molecule has 6 nitrogen and oxygen atoms in total. The smallest absolute Gasteiger partial charge is 0.326 e. The van der Waals surface area contributed by atoms with Crippen molar-refractivity contribution in [2.45, 2.75) is 13.8 Å². The molecule has 0 bridgehead atoms. The highest BCUT2D eigenvalue weighted by molar-refractivity contribution is 6.01. The van der Waals surface area contributed by atoms with Crippen molar-refractivity contribution in [3.63, 3.8) is 0 Å². The lowest BCUT2D eigenvalue weighted by Crippen LogP contribution is -2.42. The monoisotopic (exact) mass is 402 g/mol. The molecule has 3 aromatic carbocycles. The Kier molecular flexibility index (Phi) is 7.05. The summed E-state index contributed by atoms with van der Waals surface area (Å²) in [6, 6.07) is 24.0. The van der Waals surface area contributed by atoms with Gasteiger partial charge in [0.25, 0.3) is 0 Å². The normalized spacial score (nSPS) is 10.2. The van der Waals surface area contributed by atoms with Crippen LogP contribution in [0.25, 0.3) is 0 Å². The van der Waals surface area contributed by atoms with E-state index in [1.54, 1.807) is 4.90 Å². The van der Waals surface area contributed by atoms with Crippen molar-refractivity contribution >= 4 is 29.1 Å². The van der Waals surface area contributed by atoms with Gasteiger partial charge in [-0.1, -0.05) is 54.1 Å². The average molecular weight is 402 g/mol. The summed E-state index contributed by atoms with van der Waals surface area (Å²) in [5.41, 5.74) is 4.33. The second-order valence-corrected chi connectivity index (χ2v) is 6.98. The van der Waals surface area contributed by atoms with Crippen LogP contribution >= 0.6 is 0 Å². The minimum atomic E-state index is -0.309. The molecule has 0 aliphatic heterocycles. The van der Waals surface area contributed by atoms with Crippen LogP contribution in [0.15, 0.2) is 78.9 Å². The van der Waals surface area contributed by atoms with E-state index in [1.165, 1.54) is 0 Å². The number of carbonyl (C=O) groups is 2. The minimum Gasteiger partial charge on any atom is -0.336 e. The number of nitrogens with zero attached hydrogens (tertiary/aromatic N) is 1. The summed E-state index contributed by atoms with van der Waals surface area (Å²) in [5, 5.41) is 8.55. The van der Waals surface area contributed by atoms with E-state index in [0.29, 0.717) is 13.1 Å². The zero-order chi connectivity index (χ0) is 21.3. The first-order valence-electron chi connectivity index (χ1n) is 9.83. The molecule has 0 fully saturated rings. The van der Waals surface area contributed by atoms with Gasteiger partial charge in [-0.05, 0) is 49.7 Å². The number of amides is 4. The first-order valence-corrected chi connectivity index (χ1v) is 9.83. The lowest BCUT2D eigenvalue weighted by Gasteiger charge is -2.23. The molecule has 0 atom stereocenters. The molecular weight excluding hydrogens is 376 g/mol. The highest BCUT2D eigenvalue weighted by Gasteiger charge is 2.16. The van der Waals surface area contributed by atoms with Gasteiger partial charge in [0.05, 0.1) is 0 Å². The number of urea groups is 2. The molecular formula is C24H26N4O2. The van der Waals surface area contributed by atoms with Crippen LogP contribution in [-0.4, -0.2) is 25.2 Å². The molecule has 0 saturated carbocycles. The van der Waals surface area contributed by atoms with E-state index in [-0.39, 0.29) is 12.1 Å². The van der Waals surface area contributed by atoms with E-state index in [1.807, 2.05) is 92.7 Å². The Bertz CT molecular complexity index is 988. The molecule has 0 unspecified atom stereocenters. The van der Waals surface area contributed by atoms with Gasteiger partial charge in [0.15, 0.2) is 0 Å². The van der Waals surface area contributed by atoms with Crippen LogP contribution < -0.4 is 20.9 Å². The maximum Gasteiger partial charge on any atom is 0.326 e. The van der Waals surface area contributed by atoms with E-state index >= 15 is 0 Å². The summed E-state index contributed by atoms with van der Waals surface area (Å²) >= 11 is 0. The Labute approximate surface area is 176 Å². The zero-order valence-corrected chi connectivity index (χ0v) is 17.2. The van der Waals surface area contributed by atoms with E-state index in [2.05, 4.69) is 16.0 Å². The number of carbonyl (C=O) groups excluding carboxylic acids is 2. The first-order chi connectivity index (χ1) is 14.5. The third-order valence-corrected chi connectivity index (χ3v) is 4.63. The minimum absolute atomic E-state index is 0.258. The quantitative estimate of drug-likeness (QED) is 0.533. The Hall–Kier alpha value is -3.80. The number of aryl methyl sites for hydroxylation is 2. The fourth-order valence-electron chi connectivity index (χ4n) is 2.94. The molecule has 3 rings (SSSR count). The molecule has 3 N–H and O–H groups in total. The molecule has 3 aromatic rings. The van der Waals surface area contributed by atoms with Gasteiger partial charge in [-0.15, -0.1) is 0 Å². The Morgan fingerprint density at radius 3 is 2.17 bits per heavy atom. The maximum absolute atomic E-state index is 12.9. The average Bonchev–Trinajstić information content (AvgIpc) is 2.75. The summed E-state index contributed by atoms with van der Waals surface area (Å²) in [6.45, 7) is 4.55. The van der Waals surface area contributed by atoms with Crippen molar-refractivity contribution in [1.29, 1.82) is 0 Å². The van der Waals surface area contributed by atoms with Crippen LogP contribution in [0.3, 0.4) is 0 Å². The molecule has 0 spiro atoms. The Balaban J connectivity index is 1.61. The molecule has 30 heavy (non-hydrogen) atoms. The Morgan fingerprint density at radius 2 is 1.47 bits per heavy atom. The van der Waals surface area contributed by atoms with Crippen molar-refractivity contribution in [3.05, 3.63) is 90.0 Å². The number of rotatable bonds is 6. The first kappa shape index (κ1) is 20.9. The van der Waals surface area contributed by atoms with Gasteiger partial charge in [0.1, 0.15) is 0 Å². The number of benzene rings is 3. The van der Waals surface area contributed by atoms with Crippen LogP contribution in [0.2, 0.25) is 0 Å². The summed E-state index contributed by atoms with van der Waals surface area (Å²) < 4.78 is 0. The van der Waals surface area contributed by atoms with Crippen molar-refractivity contribution in [2.75, 3.05) is 28.6 Å². The van der Waals surface area contributed by atoms with Gasteiger partial charge in [-0.25, -0.2) is 9.59 Å². The molecule has 0 aliphatic carbocycles. The largest absolute Gasteiger partial charge is 0.336 e. The molecule has 0 aromatic heterocycles. The van der Waals surface area contributed by atoms with Crippen LogP contribution in [-0.2, 0) is 0 Å². The van der Waals surface area contributed by atoms with Crippen molar-refractivity contribution < 1.29 is 9.59 Å². The summed E-state index contributed by atoms with van der Waals surface area (Å²) in [5.74, 6) is 0. The van der Waals surface area contributed by atoms with E-state index in [9.17, 15) is 9.59 Å². The van der Waals surface area contributed by atoms with Gasteiger partial charge in [-0.3, -0.25) is 4.90 Å². The standard InChI is InChI=1S/C24H26N4O2/c1-18-12-14-20(15-13-18)26-24(30)28(21-9-4-3-5-10-21)17-16-25-23(29)27-22-11-7-6-8-19(22)2/h3-15H,16-17H2,1-2H3,(H,26,30)(H2,25,27,29). The van der Waals surface area contributed by atoms with Gasteiger partial charge < -0.3 is 16.0 Å². The number of para-hydroxylation sites is 2. The molecule has 0 saturated heterocycles. The van der Waals surface area contributed by atoms with Gasteiger partial charge in [0, 0.05) is 30.2 Å². The van der Waals surface area contributed by atoms with Crippen LogP contribution in [0, 0.1) is 13.8 Å². The molecule has 0 aliphatic rings. The van der Waals surface area contributed by atoms with E-state index in [0.717, 1.165) is 28.2 Å². The fourth-order valence-corrected chi connectivity index (χ4v) is 2.94. The van der Waals surface area contributed by atoms with Gasteiger partial charge in [0.2, 0.25) is 0 Å². The lowest BCUT2D eigenvalue weighted by atomic mass is 10.2. The third-order valence-electron chi connectivity index (χ3n) is 4.63. The maximum atomic E-state index is 12.9. The second kappa shape index (κ2) is 10.1. The third kappa shape index (κ3) is 5.85. The number of anilines is 3. The van der Waals surface area contributed by atoms with Crippen molar-refractivity contribution in [2.24, 2.45) is 0 Å². The van der Waals surface area contributed by atoms with Gasteiger partial charge >= 0.3 is 12.1 Å². The molecule has 0 heterocycles. The topological polar surface area (TPSA) is 73.5 Å². The lowest BCUT2D eigenvalue weighted by molar-refractivity contribution is 0.250. The predicted molar refractivity (Wildman–Crippen MR) is 122 cm³/mol. The number of hydrogen-bond donors (Lipinski definition) is 3. The predicted octanol–water partition coefficient (Wildman–Crippen LogP) is 5.16. The van der Waals surface area contributed by atoms with Crippen LogP contribution in [0.4, 0.5) is 26.7 Å². The van der Waals surface area contributed by atoms with Crippen LogP contribution in [0.1, 0.15) is 11.1 Å². The number of nitrogens with one attached hydrogen (secondary N) is 3. The highest BCUT2D eigenvalue weighted by atomic mass is 16.2. The van der Waals surface area contributed by atoms with Crippen molar-refractivity contribution in [1.82, 2.24) is 5.32 Å². The molecule has 0 radical (unpaired) electrons. The second-order valence-electron chi connectivity index (χ2n) is 6.98. The van der Waals surface area contributed by atoms with E-state index in [4.69, 9.17) is 0 Å². The van der Waals surface area contributed by atoms with Crippen molar-refractivity contribution in [3.8, 4) is 0 Å².